The highest BCUT2D eigenvalue weighted by Crippen LogP contribution is 2.47. The summed E-state index contributed by atoms with van der Waals surface area (Å²) in [5, 5.41) is 20.1. The predicted octanol–water partition coefficient (Wildman–Crippen LogP) is 8.10. The Labute approximate surface area is 222 Å². The molecule has 1 atom stereocenters. The minimum absolute atomic E-state index is 0. The van der Waals surface area contributed by atoms with Crippen LogP contribution in [0.4, 0.5) is 0 Å². The van der Waals surface area contributed by atoms with E-state index in [1.165, 1.54) is 0 Å². The molecule has 5 aromatic rings. The van der Waals surface area contributed by atoms with E-state index < -0.39 is 18.7 Å². The van der Waals surface area contributed by atoms with Crippen molar-refractivity contribution < 1.29 is 24.2 Å². The second kappa shape index (κ2) is 11.6. The van der Waals surface area contributed by atoms with Crippen molar-refractivity contribution in [1.29, 1.82) is 0 Å². The summed E-state index contributed by atoms with van der Waals surface area (Å²) in [5.41, 5.74) is 5.95. The highest BCUT2D eigenvalue weighted by atomic mass is 16.5. The van der Waals surface area contributed by atoms with Gasteiger partial charge in [0, 0.05) is 22.3 Å². The summed E-state index contributed by atoms with van der Waals surface area (Å²) in [6, 6.07) is 34.9. The quantitative estimate of drug-likeness (QED) is 0.222. The maximum absolute atomic E-state index is 11.1. The van der Waals surface area contributed by atoms with Gasteiger partial charge in [-0.15, -0.1) is 0 Å². The van der Waals surface area contributed by atoms with Crippen molar-refractivity contribution in [1.82, 2.24) is 0 Å². The molecule has 0 fully saturated rings. The van der Waals surface area contributed by atoms with Crippen LogP contribution in [0.2, 0.25) is 0 Å². The van der Waals surface area contributed by atoms with Crippen LogP contribution in [0, 0.1) is 0 Å². The van der Waals surface area contributed by atoms with E-state index in [1.54, 1.807) is 13.0 Å². The number of carboxylic acid groups (broad SMARTS) is 1. The van der Waals surface area contributed by atoms with Crippen LogP contribution in [0.5, 0.6) is 5.75 Å². The summed E-state index contributed by atoms with van der Waals surface area (Å²) in [4.78, 5) is 11.0. The van der Waals surface area contributed by atoms with E-state index in [4.69, 9.17) is 14.3 Å². The Morgan fingerprint density at radius 3 is 1.97 bits per heavy atom. The van der Waals surface area contributed by atoms with Crippen molar-refractivity contribution in [3.05, 3.63) is 115 Å². The summed E-state index contributed by atoms with van der Waals surface area (Å²) in [5.74, 6) is 0.691. The van der Waals surface area contributed by atoms with Crippen molar-refractivity contribution in [3.8, 4) is 50.7 Å². The van der Waals surface area contributed by atoms with Gasteiger partial charge < -0.3 is 19.4 Å². The highest BCUT2D eigenvalue weighted by molar-refractivity contribution is 5.91. The Balaban J connectivity index is 0.00000336. The molecule has 0 saturated carbocycles. The molecule has 1 unspecified atom stereocenters. The van der Waals surface area contributed by atoms with Crippen molar-refractivity contribution in [2.45, 2.75) is 20.5 Å². The third kappa shape index (κ3) is 5.38. The Morgan fingerprint density at radius 2 is 1.34 bits per heavy atom. The molecule has 5 heteroatoms. The van der Waals surface area contributed by atoms with Gasteiger partial charge in [-0.05, 0) is 35.7 Å². The number of carboxylic acids is 1. The largest absolute Gasteiger partial charge is 0.482 e. The van der Waals surface area contributed by atoms with Crippen LogP contribution in [0.25, 0.3) is 44.9 Å². The van der Waals surface area contributed by atoms with Gasteiger partial charge in [-0.2, -0.15) is 0 Å². The van der Waals surface area contributed by atoms with Crippen LogP contribution in [0.3, 0.4) is 0 Å². The van der Waals surface area contributed by atoms with E-state index in [9.17, 15) is 9.90 Å². The smallest absolute Gasteiger partial charge is 0.341 e. The zero-order valence-corrected chi connectivity index (χ0v) is 20.3. The molecule has 4 aromatic carbocycles. The summed E-state index contributed by atoms with van der Waals surface area (Å²) in [6.07, 6.45) is -0.801. The van der Waals surface area contributed by atoms with Crippen LogP contribution in [-0.2, 0) is 4.79 Å². The number of benzene rings is 4. The van der Waals surface area contributed by atoms with E-state index in [-0.39, 0.29) is 7.43 Å². The molecule has 0 radical (unpaired) electrons. The van der Waals surface area contributed by atoms with Crippen LogP contribution < -0.4 is 4.74 Å². The van der Waals surface area contributed by atoms with Crippen molar-refractivity contribution in [2.75, 3.05) is 6.61 Å². The zero-order chi connectivity index (χ0) is 25.8. The average Bonchev–Trinajstić information content (AvgIpc) is 3.34. The number of aliphatic hydroxyl groups excluding tert-OH is 1. The van der Waals surface area contributed by atoms with Gasteiger partial charge in [0.2, 0.25) is 0 Å². The van der Waals surface area contributed by atoms with Crippen molar-refractivity contribution >= 4 is 5.97 Å². The molecular weight excluding hydrogens is 476 g/mol. The number of ether oxygens (including phenoxy) is 1. The summed E-state index contributed by atoms with van der Waals surface area (Å²) < 4.78 is 12.0. The van der Waals surface area contributed by atoms with Gasteiger partial charge in [0.1, 0.15) is 17.3 Å². The van der Waals surface area contributed by atoms with Gasteiger partial charge in [0.05, 0.1) is 6.10 Å². The van der Waals surface area contributed by atoms with Crippen LogP contribution in [-0.4, -0.2) is 22.8 Å². The monoisotopic (exact) mass is 506 g/mol. The zero-order valence-electron chi connectivity index (χ0n) is 20.3. The fourth-order valence-corrected chi connectivity index (χ4v) is 4.56. The minimum atomic E-state index is -1.04. The molecule has 38 heavy (non-hydrogen) atoms. The fraction of sp³-hybridized carbons (Fsp3) is 0.121. The van der Waals surface area contributed by atoms with Crippen molar-refractivity contribution in [3.63, 3.8) is 0 Å². The first-order valence-corrected chi connectivity index (χ1v) is 12.0. The minimum Gasteiger partial charge on any atom is -0.482 e. The lowest BCUT2D eigenvalue weighted by Crippen LogP contribution is -2.09. The van der Waals surface area contributed by atoms with Crippen LogP contribution in [0.15, 0.2) is 114 Å². The lowest BCUT2D eigenvalue weighted by Gasteiger charge is -2.13. The third-order valence-electron chi connectivity index (χ3n) is 6.14. The maximum atomic E-state index is 11.1. The molecule has 1 aromatic heterocycles. The molecule has 0 saturated heterocycles. The van der Waals surface area contributed by atoms with Gasteiger partial charge in [0.15, 0.2) is 6.61 Å². The van der Waals surface area contributed by atoms with Crippen molar-refractivity contribution in [2.24, 2.45) is 0 Å². The molecule has 0 aliphatic heterocycles. The number of aliphatic hydroxyl groups is 1. The number of rotatable bonds is 8. The molecule has 5 nitrogen and oxygen atoms in total. The van der Waals surface area contributed by atoms with E-state index >= 15 is 0 Å². The SMILES string of the molecule is C.CC(O)c1c(-c2ccccc2-c2cccc(OCC(=O)O)c2)oc(-c2ccccc2)c1-c1ccccc1. The van der Waals surface area contributed by atoms with E-state index in [2.05, 4.69) is 0 Å². The van der Waals surface area contributed by atoms with Gasteiger partial charge in [-0.25, -0.2) is 4.79 Å². The molecule has 2 N–H and O–H groups in total. The lowest BCUT2D eigenvalue weighted by atomic mass is 9.91. The van der Waals surface area contributed by atoms with E-state index in [0.717, 1.165) is 33.4 Å². The van der Waals surface area contributed by atoms with Crippen LogP contribution in [0.1, 0.15) is 26.0 Å². The van der Waals surface area contributed by atoms with Gasteiger partial charge in [-0.1, -0.05) is 104 Å². The van der Waals surface area contributed by atoms with Gasteiger partial charge >= 0.3 is 5.97 Å². The van der Waals surface area contributed by atoms with Crippen LogP contribution >= 0.6 is 0 Å². The molecule has 0 bridgehead atoms. The predicted molar refractivity (Wildman–Crippen MR) is 151 cm³/mol. The number of furan rings is 1. The Kier molecular flexibility index (Phi) is 8.09. The molecule has 192 valence electrons. The molecule has 0 amide bonds. The maximum Gasteiger partial charge on any atom is 0.341 e. The summed E-state index contributed by atoms with van der Waals surface area (Å²) in [7, 11) is 0. The summed E-state index contributed by atoms with van der Waals surface area (Å²) in [6.45, 7) is 1.33. The topological polar surface area (TPSA) is 79.9 Å². The first-order chi connectivity index (χ1) is 18.0. The Bertz CT molecular complexity index is 1520. The van der Waals surface area contributed by atoms with E-state index in [1.807, 2.05) is 103 Å². The normalized spacial score (nSPS) is 11.4. The molecule has 5 rings (SSSR count). The van der Waals surface area contributed by atoms with Gasteiger partial charge in [-0.3, -0.25) is 0 Å². The Morgan fingerprint density at radius 1 is 0.763 bits per heavy atom. The number of hydrogen-bond donors (Lipinski definition) is 2. The number of carbonyl (C=O) groups is 1. The molecular formula is C33H30O5. The molecule has 0 aliphatic rings. The van der Waals surface area contributed by atoms with E-state index in [0.29, 0.717) is 22.8 Å². The second-order valence-electron chi connectivity index (χ2n) is 8.71. The second-order valence-corrected chi connectivity index (χ2v) is 8.71. The number of hydrogen-bond acceptors (Lipinski definition) is 4. The lowest BCUT2D eigenvalue weighted by molar-refractivity contribution is -0.139. The first kappa shape index (κ1) is 26.5. The molecule has 0 aliphatic carbocycles. The molecule has 0 spiro atoms. The third-order valence-corrected chi connectivity index (χ3v) is 6.14. The average molecular weight is 507 g/mol. The summed E-state index contributed by atoms with van der Waals surface area (Å²) >= 11 is 0. The van der Waals surface area contributed by atoms with Gasteiger partial charge in [0.25, 0.3) is 0 Å². The number of aliphatic carboxylic acids is 1. The highest BCUT2D eigenvalue weighted by Gasteiger charge is 2.27. The standard InChI is InChI=1S/C32H26O5.CH4/c1-21(33)29-30(22-11-4-2-5-12-22)31(23-13-6-3-7-14-23)37-32(29)27-18-9-8-17-26(27)24-15-10-16-25(19-24)36-20-28(34)35;/h2-19,21,33H,20H2,1H3,(H,34,35);1H4. The molecule has 1 heterocycles. The first-order valence-electron chi connectivity index (χ1n) is 12.0. The Hall–Kier alpha value is -4.61. The fourth-order valence-electron chi connectivity index (χ4n) is 4.56.